The van der Waals surface area contributed by atoms with Crippen LogP contribution in [0.25, 0.3) is 0 Å². The molecular weight excluding hydrogens is 316 g/mol. The van der Waals surface area contributed by atoms with Gasteiger partial charge in [-0.1, -0.05) is 18.2 Å². The number of nitrogens with zero attached hydrogens (tertiary/aromatic N) is 4. The van der Waals surface area contributed by atoms with Gasteiger partial charge in [0.1, 0.15) is 0 Å². The van der Waals surface area contributed by atoms with E-state index < -0.39 is 5.41 Å². The fourth-order valence-corrected chi connectivity index (χ4v) is 3.96. The van der Waals surface area contributed by atoms with Crippen molar-refractivity contribution in [1.82, 2.24) is 15.1 Å². The number of likely N-dealkylation sites (tertiary alicyclic amines) is 1. The van der Waals surface area contributed by atoms with E-state index in [0.29, 0.717) is 25.2 Å². The molecule has 0 radical (unpaired) electrons. The van der Waals surface area contributed by atoms with Crippen LogP contribution in [-0.2, 0) is 4.79 Å². The number of carbonyl (C=O) groups is 2. The van der Waals surface area contributed by atoms with Gasteiger partial charge in [0.25, 0.3) is 5.91 Å². The predicted molar refractivity (Wildman–Crippen MR) is 93.0 cm³/mol. The molecule has 1 atom stereocenters. The zero-order valence-corrected chi connectivity index (χ0v) is 14.0. The monoisotopic (exact) mass is 336 g/mol. The molecule has 6 heteroatoms. The highest BCUT2D eigenvalue weighted by Crippen LogP contribution is 2.42. The maximum atomic E-state index is 13.2. The van der Waals surface area contributed by atoms with Crippen LogP contribution in [-0.4, -0.2) is 46.5 Å². The normalized spacial score (nSPS) is 23.3. The molecule has 0 aliphatic carbocycles. The van der Waals surface area contributed by atoms with E-state index in [4.69, 9.17) is 0 Å². The lowest BCUT2D eigenvalue weighted by atomic mass is 9.78. The van der Waals surface area contributed by atoms with Crippen molar-refractivity contribution in [3.05, 3.63) is 54.4 Å². The first-order valence-corrected chi connectivity index (χ1v) is 8.63. The van der Waals surface area contributed by atoms with E-state index in [0.717, 1.165) is 24.9 Å². The highest BCUT2D eigenvalue weighted by Gasteiger charge is 2.50. The highest BCUT2D eigenvalue weighted by atomic mass is 16.2. The van der Waals surface area contributed by atoms with Crippen LogP contribution in [0.15, 0.2) is 48.8 Å². The fraction of sp³-hybridized carbons (Fsp3) is 0.368. The lowest BCUT2D eigenvalue weighted by molar-refractivity contribution is -0.127. The summed E-state index contributed by atoms with van der Waals surface area (Å²) in [5.41, 5.74) is 1.01. The lowest BCUT2D eigenvalue weighted by Gasteiger charge is -2.39. The molecule has 1 spiro atoms. The summed E-state index contributed by atoms with van der Waals surface area (Å²) in [6.45, 7) is 1.87. The van der Waals surface area contributed by atoms with Crippen LogP contribution in [0.3, 0.4) is 0 Å². The summed E-state index contributed by atoms with van der Waals surface area (Å²) in [4.78, 5) is 29.5. The summed E-state index contributed by atoms with van der Waals surface area (Å²) < 4.78 is 0. The van der Waals surface area contributed by atoms with Gasteiger partial charge in [0.05, 0.1) is 23.4 Å². The van der Waals surface area contributed by atoms with E-state index in [1.165, 1.54) is 12.4 Å². The molecule has 2 amide bonds. The summed E-state index contributed by atoms with van der Waals surface area (Å²) in [6.07, 6.45) is 5.48. The second-order valence-corrected chi connectivity index (χ2v) is 6.78. The second kappa shape index (κ2) is 6.27. The molecular formula is C19H20N4O2. The number of piperidine rings is 1. The van der Waals surface area contributed by atoms with E-state index in [2.05, 4.69) is 10.2 Å². The van der Waals surface area contributed by atoms with Crippen LogP contribution in [0.4, 0.5) is 5.69 Å². The van der Waals surface area contributed by atoms with Crippen molar-refractivity contribution in [1.29, 1.82) is 0 Å². The molecule has 6 nitrogen and oxygen atoms in total. The molecule has 2 saturated heterocycles. The Morgan fingerprint density at radius 3 is 2.64 bits per heavy atom. The Morgan fingerprint density at radius 2 is 1.88 bits per heavy atom. The Labute approximate surface area is 146 Å². The van der Waals surface area contributed by atoms with Gasteiger partial charge in [-0.05, 0) is 37.5 Å². The van der Waals surface area contributed by atoms with Crippen LogP contribution in [0.2, 0.25) is 0 Å². The lowest BCUT2D eigenvalue weighted by Crippen LogP contribution is -2.50. The minimum Gasteiger partial charge on any atom is -0.338 e. The van der Waals surface area contributed by atoms with E-state index in [-0.39, 0.29) is 11.8 Å². The van der Waals surface area contributed by atoms with E-state index in [1.54, 1.807) is 11.0 Å². The van der Waals surface area contributed by atoms with Crippen LogP contribution in [0.1, 0.15) is 29.6 Å². The minimum absolute atomic E-state index is 0.0695. The number of para-hydroxylation sites is 1. The molecule has 3 heterocycles. The van der Waals surface area contributed by atoms with Crippen molar-refractivity contribution in [3.8, 4) is 0 Å². The van der Waals surface area contributed by atoms with Gasteiger partial charge in [-0.3, -0.25) is 9.59 Å². The molecule has 0 saturated carbocycles. The van der Waals surface area contributed by atoms with Gasteiger partial charge in [0.2, 0.25) is 5.91 Å². The van der Waals surface area contributed by atoms with E-state index in [9.17, 15) is 9.59 Å². The molecule has 0 unspecified atom stereocenters. The number of hydrogen-bond acceptors (Lipinski definition) is 4. The average Bonchev–Trinajstić information content (AvgIpc) is 2.98. The first-order chi connectivity index (χ1) is 12.2. The fourth-order valence-electron chi connectivity index (χ4n) is 3.96. The summed E-state index contributed by atoms with van der Waals surface area (Å²) in [5.74, 6) is 0.0731. The second-order valence-electron chi connectivity index (χ2n) is 6.78. The Hall–Kier alpha value is -2.76. The zero-order chi connectivity index (χ0) is 17.3. The molecule has 2 aliphatic rings. The molecule has 25 heavy (non-hydrogen) atoms. The number of hydrogen-bond donors (Lipinski definition) is 0. The smallest absolute Gasteiger partial charge is 0.255 e. The standard InChI is InChI=1S/C19H20N4O2/c24-17(15-7-10-20-21-13-15)22-11-4-8-19(14-22)9-12-23(18(19)25)16-5-2-1-3-6-16/h1-3,5-7,10,13H,4,8-9,11-12,14H2/t19-/m1/s1. The third kappa shape index (κ3) is 2.77. The van der Waals surface area contributed by atoms with Crippen molar-refractivity contribution in [2.75, 3.05) is 24.5 Å². The SMILES string of the molecule is O=C(c1ccnnc1)N1CCC[C@@]2(CCN(c3ccccc3)C2=O)C1. The largest absolute Gasteiger partial charge is 0.338 e. The molecule has 0 bridgehead atoms. The van der Waals surface area contributed by atoms with Gasteiger partial charge in [-0.15, -0.1) is 0 Å². The topological polar surface area (TPSA) is 66.4 Å². The molecule has 2 aromatic rings. The molecule has 1 aromatic heterocycles. The van der Waals surface area contributed by atoms with Crippen molar-refractivity contribution >= 4 is 17.5 Å². The molecule has 2 fully saturated rings. The summed E-state index contributed by atoms with van der Waals surface area (Å²) in [6, 6.07) is 11.4. The van der Waals surface area contributed by atoms with E-state index in [1.807, 2.05) is 35.2 Å². The number of aromatic nitrogens is 2. The Morgan fingerprint density at radius 1 is 1.04 bits per heavy atom. The first-order valence-electron chi connectivity index (χ1n) is 8.63. The molecule has 4 rings (SSSR count). The zero-order valence-electron chi connectivity index (χ0n) is 14.0. The maximum Gasteiger partial charge on any atom is 0.255 e. The molecule has 1 aromatic carbocycles. The summed E-state index contributed by atoms with van der Waals surface area (Å²) >= 11 is 0. The molecule has 0 N–H and O–H groups in total. The average molecular weight is 336 g/mol. The number of benzene rings is 1. The number of amides is 2. The van der Waals surface area contributed by atoms with E-state index >= 15 is 0 Å². The van der Waals surface area contributed by atoms with Gasteiger partial charge in [0.15, 0.2) is 0 Å². The van der Waals surface area contributed by atoms with Gasteiger partial charge in [-0.25, -0.2) is 0 Å². The summed E-state index contributed by atoms with van der Waals surface area (Å²) in [5, 5.41) is 7.50. The quantitative estimate of drug-likeness (QED) is 0.843. The van der Waals surface area contributed by atoms with Gasteiger partial charge in [-0.2, -0.15) is 10.2 Å². The maximum absolute atomic E-state index is 13.2. The van der Waals surface area contributed by atoms with Gasteiger partial charge >= 0.3 is 0 Å². The van der Waals surface area contributed by atoms with Crippen LogP contribution in [0.5, 0.6) is 0 Å². The Bertz CT molecular complexity index is 781. The third-order valence-corrected chi connectivity index (χ3v) is 5.28. The molecule has 128 valence electrons. The summed E-state index contributed by atoms with van der Waals surface area (Å²) in [7, 11) is 0. The van der Waals surface area contributed by atoms with Gasteiger partial charge in [0, 0.05) is 25.3 Å². The highest BCUT2D eigenvalue weighted by molar-refractivity contribution is 6.01. The predicted octanol–water partition coefficient (Wildman–Crippen LogP) is 2.14. The van der Waals surface area contributed by atoms with Crippen molar-refractivity contribution in [3.63, 3.8) is 0 Å². The van der Waals surface area contributed by atoms with Crippen molar-refractivity contribution in [2.45, 2.75) is 19.3 Å². The number of rotatable bonds is 2. The van der Waals surface area contributed by atoms with Gasteiger partial charge < -0.3 is 9.80 Å². The Kier molecular flexibility index (Phi) is 3.95. The Balaban J connectivity index is 1.55. The number of anilines is 1. The molecule has 2 aliphatic heterocycles. The van der Waals surface area contributed by atoms with Crippen molar-refractivity contribution in [2.24, 2.45) is 5.41 Å². The van der Waals surface area contributed by atoms with Crippen LogP contribution >= 0.6 is 0 Å². The number of carbonyl (C=O) groups excluding carboxylic acids is 2. The first kappa shape index (κ1) is 15.7. The van der Waals surface area contributed by atoms with Crippen LogP contribution in [0, 0.1) is 5.41 Å². The third-order valence-electron chi connectivity index (χ3n) is 5.28. The minimum atomic E-state index is -0.454. The van der Waals surface area contributed by atoms with Crippen molar-refractivity contribution < 1.29 is 9.59 Å². The van der Waals surface area contributed by atoms with Crippen LogP contribution < -0.4 is 4.90 Å².